The lowest BCUT2D eigenvalue weighted by atomic mass is 9.95. The molecule has 25 nitrogen and oxygen atoms in total. The maximum Gasteiger partial charge on any atom is 0.338 e. The number of hydrogen-bond donors (Lipinski definition) is 5. The first-order valence-electron chi connectivity index (χ1n) is 39.2. The Bertz CT molecular complexity index is 6420. The summed E-state index contributed by atoms with van der Waals surface area (Å²) in [6.07, 6.45) is 7.22. The summed E-state index contributed by atoms with van der Waals surface area (Å²) in [6.45, 7) is 12.0. The summed E-state index contributed by atoms with van der Waals surface area (Å²) in [5.41, 5.74) is 5.76. The smallest absolute Gasteiger partial charge is 0.338 e. The summed E-state index contributed by atoms with van der Waals surface area (Å²) in [6, 6.07) is 32.6. The van der Waals surface area contributed by atoms with Crippen molar-refractivity contribution < 1.29 is 82.8 Å². The Morgan fingerprint density at radius 3 is 0.817 bits per heavy atom. The number of nitrogens with zero attached hydrogens (tertiary/aromatic N) is 10. The highest BCUT2D eigenvalue weighted by atomic mass is 35.5. The van der Waals surface area contributed by atoms with Gasteiger partial charge in [0.05, 0.1) is 62.4 Å². The first-order chi connectivity index (χ1) is 62.7. The van der Waals surface area contributed by atoms with Crippen LogP contribution in [0.1, 0.15) is 135 Å². The molecule has 5 aromatic carbocycles. The van der Waals surface area contributed by atoms with Gasteiger partial charge in [-0.2, -0.15) is 0 Å². The molecule has 0 saturated heterocycles. The third-order valence-corrected chi connectivity index (χ3v) is 21.5. The zero-order chi connectivity index (χ0) is 94.8. The van der Waals surface area contributed by atoms with Crippen molar-refractivity contribution in [2.24, 2.45) is 25.0 Å². The zero-order valence-corrected chi connectivity index (χ0v) is 75.1. The minimum Gasteiger partial charge on any atom is -0.466 e. The number of amidine groups is 5. The molecule has 5 aromatic heterocycles. The topological polar surface area (TPSA) is 318 Å². The molecule has 0 aliphatic carbocycles. The van der Waals surface area contributed by atoms with Crippen LogP contribution in [0.4, 0.5) is 35.1 Å². The van der Waals surface area contributed by atoms with Gasteiger partial charge in [0.2, 0.25) is 0 Å². The highest BCUT2D eigenvalue weighted by molar-refractivity contribution is 6.37. The average molecular weight is 1920 g/mol. The number of rotatable bonds is 17. The summed E-state index contributed by atoms with van der Waals surface area (Å²) in [5.74, 6) is -6.29. The fourth-order valence-electron chi connectivity index (χ4n) is 13.6. The molecule has 0 amide bonds. The summed E-state index contributed by atoms with van der Waals surface area (Å²) in [7, 11) is 3.77. The summed E-state index contributed by atoms with van der Waals surface area (Å²) < 4.78 is 136. The second-order valence-corrected chi connectivity index (χ2v) is 30.4. The number of allylic oxidation sites excluding steroid dienone is 5. The third-order valence-electron chi connectivity index (χ3n) is 19.6. The van der Waals surface area contributed by atoms with E-state index in [-0.39, 0.29) is 109 Å². The van der Waals surface area contributed by atoms with Gasteiger partial charge in [0.1, 0.15) is 76.1 Å². The van der Waals surface area contributed by atoms with Crippen LogP contribution in [0.15, 0.2) is 270 Å². The van der Waals surface area contributed by atoms with E-state index in [1.54, 1.807) is 84.9 Å². The van der Waals surface area contributed by atoms with Crippen molar-refractivity contribution in [2.45, 2.75) is 78.7 Å². The Hall–Kier alpha value is -13.6. The molecule has 5 atom stereocenters. The fraction of sp³-hybridized carbons (Fsp3) is 0.185. The van der Waals surface area contributed by atoms with Crippen LogP contribution in [0.2, 0.25) is 30.1 Å². The molecule has 131 heavy (non-hydrogen) atoms. The lowest BCUT2D eigenvalue weighted by Gasteiger charge is -2.27. The normalized spacial score (nSPS) is 16.8. The molecule has 0 fully saturated rings. The molecule has 0 radical (unpaired) electrons. The van der Waals surface area contributed by atoms with Crippen LogP contribution in [0, 0.1) is 46.5 Å². The maximum atomic E-state index is 14.2. The lowest BCUT2D eigenvalue weighted by Crippen LogP contribution is -2.34. The number of pyridine rings is 5. The molecule has 0 saturated carbocycles. The van der Waals surface area contributed by atoms with Gasteiger partial charge >= 0.3 is 29.8 Å². The molecular formula is C92H75Cl6F8N15O10. The van der Waals surface area contributed by atoms with Crippen molar-refractivity contribution in [1.82, 2.24) is 51.5 Å². The van der Waals surface area contributed by atoms with Gasteiger partial charge in [0.25, 0.3) is 0 Å². The number of carbonyl (C=O) groups is 5. The largest absolute Gasteiger partial charge is 0.466 e. The zero-order valence-electron chi connectivity index (χ0n) is 70.5. The van der Waals surface area contributed by atoms with Crippen molar-refractivity contribution in [1.29, 1.82) is 0 Å². The van der Waals surface area contributed by atoms with Crippen LogP contribution in [0.3, 0.4) is 0 Å². The molecule has 10 aromatic rings. The van der Waals surface area contributed by atoms with E-state index < -0.39 is 107 Å². The number of ether oxygens (including phenoxy) is 5. The van der Waals surface area contributed by atoms with Gasteiger partial charge in [0, 0.05) is 112 Å². The number of nitrogens with one attached hydrogen (secondary N) is 5. The van der Waals surface area contributed by atoms with Gasteiger partial charge in [-0.1, -0.05) is 106 Å². The Labute approximate surface area is 774 Å². The summed E-state index contributed by atoms with van der Waals surface area (Å²) in [4.78, 5) is 104. The van der Waals surface area contributed by atoms with Crippen LogP contribution in [0.25, 0.3) is 0 Å². The second-order valence-electron chi connectivity index (χ2n) is 28.0. The predicted octanol–water partition coefficient (Wildman–Crippen LogP) is 18.9. The standard InChI is InChI=1S/C19H16Cl2FN3O2.C19H16ClF2N3O2.C18H14Cl2FN3O2.C18H14ClF2N3O2.C18H15F2N3O2/c1-3-27-19(26)14-10(2)24-18(16-13(22)8-5-9-23-16)25-17(14)15-11(20)6-4-7-12(15)21;1-3-27-19(26)15-10(2)24-18(17-14(22)5-4-8-23-17)25-16(15)12-7-6-11(21)9-13(12)20;1-9-13(18(25)26-2)16(14-10(19)5-3-6-11(14)20)24-17(23-9)15-12(21)7-4-8-22-15;1-9-14(18(25)26-2)15(11-6-5-10(20)8-12(11)19)24-17(23-9)16-13(21)4-3-7-22-16;1-10-14(18(24)25-2)15(11-5-7-12(19)8-6-11)23-17(22-10)16-13(20)4-3-9-21-16/h4-9,17H,3H2,1-2H3,(H,24,25);4-9,16H,3H2,1-2H3,(H,24,25);3-8,16H,1-2H3,(H,23,24);3-8,15H,1-2H3,(H,23,24);3-9,15H,1-2H3,(H,22,23). The molecule has 10 heterocycles. The van der Waals surface area contributed by atoms with E-state index in [9.17, 15) is 59.1 Å². The Morgan fingerprint density at radius 2 is 0.550 bits per heavy atom. The van der Waals surface area contributed by atoms with Gasteiger partial charge in [0.15, 0.2) is 58.3 Å². The molecule has 5 aliphatic rings. The molecule has 676 valence electrons. The SMILES string of the molecule is CCOC(=O)C1=C(C)NC(c2ncccc2F)=NC1c1c(Cl)cccc1Cl.CCOC(=O)C1=C(C)NC(c2ncccc2F)=NC1c1ccc(F)cc1Cl.COC(=O)C1=C(C)NC(c2ncccc2F)=NC1c1c(Cl)cccc1Cl.COC(=O)C1=C(C)NC(c2ncccc2F)=NC1c1ccc(F)cc1.COC(=O)C1=C(C)NC(c2ncccc2F)=NC1c1ccc(F)cc1Cl. The Kier molecular flexibility index (Phi) is 33.4. The summed E-state index contributed by atoms with van der Waals surface area (Å²) >= 11 is 37.7. The van der Waals surface area contributed by atoms with E-state index in [4.69, 9.17) is 93.3 Å². The van der Waals surface area contributed by atoms with Crippen molar-refractivity contribution in [3.05, 3.63) is 378 Å². The minimum absolute atomic E-state index is 0.000926. The van der Waals surface area contributed by atoms with E-state index in [2.05, 4.69) is 76.5 Å². The highest BCUT2D eigenvalue weighted by Crippen LogP contribution is 2.44. The number of benzene rings is 5. The van der Waals surface area contributed by atoms with Crippen LogP contribution in [-0.4, -0.2) is 118 Å². The first-order valence-corrected chi connectivity index (χ1v) is 41.4. The molecular weight excluding hydrogens is 1840 g/mol. The van der Waals surface area contributed by atoms with E-state index >= 15 is 0 Å². The van der Waals surface area contributed by atoms with Gasteiger partial charge in [-0.25, -0.2) is 84.0 Å². The van der Waals surface area contributed by atoms with Gasteiger partial charge in [-0.05, 0) is 175 Å². The molecule has 15 rings (SSSR count). The van der Waals surface area contributed by atoms with Crippen molar-refractivity contribution in [2.75, 3.05) is 34.5 Å². The number of hydrogen-bond acceptors (Lipinski definition) is 25. The second kappa shape index (κ2) is 44.6. The van der Waals surface area contributed by atoms with Crippen molar-refractivity contribution in [3.63, 3.8) is 0 Å². The quantitative estimate of drug-likeness (QED) is 0.0321. The average Bonchev–Trinajstić information content (AvgIpc) is 0.813. The monoisotopic (exact) mass is 1910 g/mol. The van der Waals surface area contributed by atoms with Gasteiger partial charge < -0.3 is 50.3 Å². The van der Waals surface area contributed by atoms with Crippen molar-refractivity contribution >= 4 is 129 Å². The summed E-state index contributed by atoms with van der Waals surface area (Å²) in [5, 5.41) is 16.1. The number of aromatic nitrogens is 5. The van der Waals surface area contributed by atoms with E-state index in [0.29, 0.717) is 76.4 Å². The van der Waals surface area contributed by atoms with E-state index in [0.717, 1.165) is 12.1 Å². The predicted molar refractivity (Wildman–Crippen MR) is 478 cm³/mol. The number of methoxy groups -OCH3 is 3. The fourth-order valence-corrected chi connectivity index (χ4v) is 15.3. The molecule has 0 bridgehead atoms. The van der Waals surface area contributed by atoms with Crippen LogP contribution in [0.5, 0.6) is 0 Å². The van der Waals surface area contributed by atoms with Crippen LogP contribution in [-0.2, 0) is 47.7 Å². The van der Waals surface area contributed by atoms with E-state index in [1.807, 2.05) is 0 Å². The van der Waals surface area contributed by atoms with Crippen LogP contribution >= 0.6 is 69.6 Å². The number of halogens is 14. The number of aliphatic imine (C=N–C) groups is 5. The minimum atomic E-state index is -0.895. The molecule has 39 heteroatoms. The maximum absolute atomic E-state index is 14.2. The van der Waals surface area contributed by atoms with Gasteiger partial charge in [-0.3, -0.25) is 25.0 Å². The van der Waals surface area contributed by atoms with Gasteiger partial charge in [-0.15, -0.1) is 0 Å². The number of carbonyl (C=O) groups excluding carboxylic acids is 5. The molecule has 0 spiro atoms. The van der Waals surface area contributed by atoms with Crippen molar-refractivity contribution in [3.8, 4) is 0 Å². The Balaban J connectivity index is 0.000000158. The van der Waals surface area contributed by atoms with Crippen LogP contribution < -0.4 is 26.6 Å². The third kappa shape index (κ3) is 23.0. The number of esters is 5. The molecule has 5 N–H and O–H groups in total. The highest BCUT2D eigenvalue weighted by Gasteiger charge is 2.40. The Morgan fingerprint density at radius 1 is 0.305 bits per heavy atom. The molecule has 5 aliphatic heterocycles. The lowest BCUT2D eigenvalue weighted by molar-refractivity contribution is -0.139. The van der Waals surface area contributed by atoms with E-state index in [1.165, 1.54) is 162 Å². The first kappa shape index (κ1) is 98.0. The molecule has 5 unspecified atom stereocenters.